The third-order valence-corrected chi connectivity index (χ3v) is 3.42. The van der Waals surface area contributed by atoms with E-state index in [0.29, 0.717) is 12.5 Å². The molecule has 0 unspecified atom stereocenters. The molecule has 108 valence electrons. The number of nitrogens with one attached hydrogen (secondary N) is 1. The zero-order valence-corrected chi connectivity index (χ0v) is 12.3. The monoisotopic (exact) mass is 274 g/mol. The number of imidazole rings is 1. The lowest BCUT2D eigenvalue weighted by molar-refractivity contribution is -0.119. The third kappa shape index (κ3) is 2.99. The SMILES string of the molecule is CC(C)c1nc2cc(CCNC(=O)CN)ccc2n1C. The second-order valence-corrected chi connectivity index (χ2v) is 5.31. The van der Waals surface area contributed by atoms with Crippen LogP contribution in [-0.2, 0) is 18.3 Å². The maximum Gasteiger partial charge on any atom is 0.233 e. The fourth-order valence-electron chi connectivity index (χ4n) is 2.35. The highest BCUT2D eigenvalue weighted by molar-refractivity contribution is 5.78. The molecular formula is C15H22N4O. The van der Waals surface area contributed by atoms with Crippen LogP contribution in [0.15, 0.2) is 18.2 Å². The molecule has 0 radical (unpaired) electrons. The molecule has 1 heterocycles. The van der Waals surface area contributed by atoms with Gasteiger partial charge in [0.15, 0.2) is 0 Å². The van der Waals surface area contributed by atoms with Gasteiger partial charge in [-0.3, -0.25) is 4.79 Å². The summed E-state index contributed by atoms with van der Waals surface area (Å²) in [5, 5.41) is 2.77. The van der Waals surface area contributed by atoms with Gasteiger partial charge in [-0.1, -0.05) is 19.9 Å². The average Bonchev–Trinajstić information content (AvgIpc) is 2.75. The van der Waals surface area contributed by atoms with Crippen molar-refractivity contribution in [2.75, 3.05) is 13.1 Å². The Bertz CT molecular complexity index is 616. The van der Waals surface area contributed by atoms with E-state index < -0.39 is 0 Å². The van der Waals surface area contributed by atoms with E-state index in [9.17, 15) is 4.79 Å². The van der Waals surface area contributed by atoms with Crippen LogP contribution in [0.5, 0.6) is 0 Å². The number of carbonyl (C=O) groups excluding carboxylic acids is 1. The molecule has 5 nitrogen and oxygen atoms in total. The molecule has 1 aromatic heterocycles. The van der Waals surface area contributed by atoms with Crippen molar-refractivity contribution in [3.05, 3.63) is 29.6 Å². The molecule has 0 aliphatic carbocycles. The number of rotatable bonds is 5. The smallest absolute Gasteiger partial charge is 0.233 e. The van der Waals surface area contributed by atoms with Crippen molar-refractivity contribution in [3.8, 4) is 0 Å². The minimum Gasteiger partial charge on any atom is -0.355 e. The predicted molar refractivity (Wildman–Crippen MR) is 80.6 cm³/mol. The van der Waals surface area contributed by atoms with Crippen molar-refractivity contribution in [2.45, 2.75) is 26.2 Å². The van der Waals surface area contributed by atoms with E-state index in [1.54, 1.807) is 0 Å². The first-order valence-corrected chi connectivity index (χ1v) is 6.95. The van der Waals surface area contributed by atoms with Gasteiger partial charge in [0.25, 0.3) is 0 Å². The fourth-order valence-corrected chi connectivity index (χ4v) is 2.35. The summed E-state index contributed by atoms with van der Waals surface area (Å²) >= 11 is 0. The molecule has 0 saturated heterocycles. The molecule has 1 amide bonds. The number of amides is 1. The number of benzene rings is 1. The minimum atomic E-state index is -0.119. The van der Waals surface area contributed by atoms with Gasteiger partial charge in [-0.2, -0.15) is 0 Å². The van der Waals surface area contributed by atoms with E-state index in [1.807, 2.05) is 7.05 Å². The highest BCUT2D eigenvalue weighted by atomic mass is 16.1. The molecule has 0 aliphatic heterocycles. The maximum absolute atomic E-state index is 11.1. The first-order valence-electron chi connectivity index (χ1n) is 6.95. The number of hydrogen-bond acceptors (Lipinski definition) is 3. The standard InChI is InChI=1S/C15H22N4O/c1-10(2)15-18-12-8-11(4-5-13(12)19(15)3)6-7-17-14(20)9-16/h4-5,8,10H,6-7,9,16H2,1-3H3,(H,17,20). The fraction of sp³-hybridized carbons (Fsp3) is 0.467. The van der Waals surface area contributed by atoms with E-state index >= 15 is 0 Å². The zero-order chi connectivity index (χ0) is 14.7. The molecule has 0 fully saturated rings. The molecule has 3 N–H and O–H groups in total. The molecule has 0 spiro atoms. The first kappa shape index (κ1) is 14.5. The second kappa shape index (κ2) is 6.05. The molecule has 2 rings (SSSR count). The highest BCUT2D eigenvalue weighted by Gasteiger charge is 2.11. The van der Waals surface area contributed by atoms with Crippen LogP contribution in [0, 0.1) is 0 Å². The number of nitrogens with zero attached hydrogens (tertiary/aromatic N) is 2. The van der Waals surface area contributed by atoms with Crippen LogP contribution in [0.1, 0.15) is 31.2 Å². The van der Waals surface area contributed by atoms with Crippen LogP contribution in [-0.4, -0.2) is 28.5 Å². The van der Waals surface area contributed by atoms with Gasteiger partial charge in [-0.05, 0) is 24.1 Å². The van der Waals surface area contributed by atoms with E-state index in [0.717, 1.165) is 23.3 Å². The van der Waals surface area contributed by atoms with Crippen LogP contribution in [0.3, 0.4) is 0 Å². The molecule has 20 heavy (non-hydrogen) atoms. The summed E-state index contributed by atoms with van der Waals surface area (Å²) in [5.74, 6) is 1.37. The lowest BCUT2D eigenvalue weighted by Gasteiger charge is -2.05. The van der Waals surface area contributed by atoms with Gasteiger partial charge >= 0.3 is 0 Å². The summed E-state index contributed by atoms with van der Waals surface area (Å²) in [6.45, 7) is 4.93. The van der Waals surface area contributed by atoms with Crippen molar-refractivity contribution >= 4 is 16.9 Å². The molecule has 0 bridgehead atoms. The summed E-state index contributed by atoms with van der Waals surface area (Å²) in [5.41, 5.74) is 8.57. The minimum absolute atomic E-state index is 0.0387. The quantitative estimate of drug-likeness (QED) is 0.863. The normalized spacial score (nSPS) is 11.2. The molecule has 0 atom stereocenters. The van der Waals surface area contributed by atoms with Gasteiger partial charge in [0.2, 0.25) is 5.91 Å². The average molecular weight is 274 g/mol. The van der Waals surface area contributed by atoms with Crippen molar-refractivity contribution in [1.82, 2.24) is 14.9 Å². The number of nitrogens with two attached hydrogens (primary N) is 1. The Morgan fingerprint density at radius 3 is 2.85 bits per heavy atom. The number of aryl methyl sites for hydroxylation is 1. The van der Waals surface area contributed by atoms with Gasteiger partial charge in [0, 0.05) is 19.5 Å². The van der Waals surface area contributed by atoms with E-state index in [2.05, 4.69) is 46.9 Å². The lowest BCUT2D eigenvalue weighted by atomic mass is 10.1. The van der Waals surface area contributed by atoms with Gasteiger partial charge in [0.1, 0.15) is 5.82 Å². The summed E-state index contributed by atoms with van der Waals surface area (Å²) in [4.78, 5) is 15.8. The van der Waals surface area contributed by atoms with E-state index in [1.165, 1.54) is 5.56 Å². The van der Waals surface area contributed by atoms with Crippen LogP contribution in [0.2, 0.25) is 0 Å². The Kier molecular flexibility index (Phi) is 4.39. The van der Waals surface area contributed by atoms with Crippen molar-refractivity contribution in [3.63, 3.8) is 0 Å². The highest BCUT2D eigenvalue weighted by Crippen LogP contribution is 2.21. The molecule has 0 aliphatic rings. The van der Waals surface area contributed by atoms with Crippen LogP contribution < -0.4 is 11.1 Å². The Labute approximate surface area is 119 Å². The number of fused-ring (bicyclic) bond motifs is 1. The summed E-state index contributed by atoms with van der Waals surface area (Å²) in [7, 11) is 2.05. The summed E-state index contributed by atoms with van der Waals surface area (Å²) < 4.78 is 2.14. The van der Waals surface area contributed by atoms with Crippen molar-refractivity contribution in [2.24, 2.45) is 12.8 Å². The topological polar surface area (TPSA) is 72.9 Å². The van der Waals surface area contributed by atoms with Gasteiger partial charge in [0.05, 0.1) is 17.6 Å². The Morgan fingerprint density at radius 1 is 1.45 bits per heavy atom. The molecular weight excluding hydrogens is 252 g/mol. The number of hydrogen-bond donors (Lipinski definition) is 2. The molecule has 5 heteroatoms. The Balaban J connectivity index is 2.15. The van der Waals surface area contributed by atoms with Gasteiger partial charge in [-0.15, -0.1) is 0 Å². The van der Waals surface area contributed by atoms with Gasteiger partial charge < -0.3 is 15.6 Å². The summed E-state index contributed by atoms with van der Waals surface area (Å²) in [6.07, 6.45) is 0.787. The zero-order valence-electron chi connectivity index (χ0n) is 12.3. The second-order valence-electron chi connectivity index (χ2n) is 5.31. The Morgan fingerprint density at radius 2 is 2.20 bits per heavy atom. The number of aromatic nitrogens is 2. The van der Waals surface area contributed by atoms with Crippen LogP contribution in [0.25, 0.3) is 11.0 Å². The van der Waals surface area contributed by atoms with Crippen LogP contribution in [0.4, 0.5) is 0 Å². The summed E-state index contributed by atoms with van der Waals surface area (Å²) in [6, 6.07) is 6.27. The van der Waals surface area contributed by atoms with E-state index in [-0.39, 0.29) is 12.5 Å². The Hall–Kier alpha value is -1.88. The number of carbonyl (C=O) groups is 1. The van der Waals surface area contributed by atoms with Gasteiger partial charge in [-0.25, -0.2) is 4.98 Å². The lowest BCUT2D eigenvalue weighted by Crippen LogP contribution is -2.31. The molecule has 1 aromatic carbocycles. The first-order chi connectivity index (χ1) is 9.52. The maximum atomic E-state index is 11.1. The largest absolute Gasteiger partial charge is 0.355 e. The van der Waals surface area contributed by atoms with Crippen LogP contribution >= 0.6 is 0 Å². The molecule has 0 saturated carbocycles. The predicted octanol–water partition coefficient (Wildman–Crippen LogP) is 1.31. The third-order valence-electron chi connectivity index (χ3n) is 3.42. The van der Waals surface area contributed by atoms with Crippen molar-refractivity contribution < 1.29 is 4.79 Å². The van der Waals surface area contributed by atoms with Crippen molar-refractivity contribution in [1.29, 1.82) is 0 Å². The van der Waals surface area contributed by atoms with E-state index in [4.69, 9.17) is 5.73 Å². The molecule has 2 aromatic rings.